The average molecular weight is 281 g/mol. The summed E-state index contributed by atoms with van der Waals surface area (Å²) < 4.78 is 0. The van der Waals surface area contributed by atoms with E-state index < -0.39 is 12.0 Å². The van der Waals surface area contributed by atoms with Crippen molar-refractivity contribution in [3.05, 3.63) is 0 Å². The van der Waals surface area contributed by atoms with E-state index in [1.807, 2.05) is 6.92 Å². The first-order valence-electron chi connectivity index (χ1n) is 8.02. The second kappa shape index (κ2) is 5.62. The zero-order chi connectivity index (χ0) is 14.3. The molecule has 4 heterocycles. The molecular weight excluding hydrogens is 254 g/mol. The zero-order valence-corrected chi connectivity index (χ0v) is 12.6. The van der Waals surface area contributed by atoms with Crippen LogP contribution in [0.1, 0.15) is 26.2 Å². The lowest BCUT2D eigenvalue weighted by Crippen LogP contribution is -2.58. The van der Waals surface area contributed by atoms with E-state index in [9.17, 15) is 9.90 Å². The van der Waals surface area contributed by atoms with Crippen LogP contribution in [0.5, 0.6) is 0 Å². The Morgan fingerprint density at radius 1 is 1.40 bits per heavy atom. The summed E-state index contributed by atoms with van der Waals surface area (Å²) in [6.07, 6.45) is 3.42. The van der Waals surface area contributed by atoms with Crippen molar-refractivity contribution >= 4 is 5.97 Å². The van der Waals surface area contributed by atoms with Gasteiger partial charge in [0.2, 0.25) is 0 Å². The van der Waals surface area contributed by atoms with Crippen molar-refractivity contribution in [3.8, 4) is 0 Å². The van der Waals surface area contributed by atoms with Crippen LogP contribution in [0, 0.1) is 11.8 Å². The van der Waals surface area contributed by atoms with Crippen LogP contribution in [0.15, 0.2) is 0 Å². The minimum absolute atomic E-state index is 0.392. The summed E-state index contributed by atoms with van der Waals surface area (Å²) in [5.41, 5.74) is 0. The summed E-state index contributed by atoms with van der Waals surface area (Å²) in [6.45, 7) is 6.27. The SMILES string of the molecule is CCNC(CC1C2C(CN1C)C1CCN2CC1)C(=O)O. The maximum absolute atomic E-state index is 11.4. The fourth-order valence-corrected chi connectivity index (χ4v) is 4.79. The zero-order valence-electron chi connectivity index (χ0n) is 12.6. The maximum atomic E-state index is 11.4. The topological polar surface area (TPSA) is 55.8 Å². The number of carboxylic acids is 1. The molecule has 0 aromatic rings. The van der Waals surface area contributed by atoms with Gasteiger partial charge in [0.1, 0.15) is 6.04 Å². The highest BCUT2D eigenvalue weighted by Crippen LogP contribution is 2.44. The van der Waals surface area contributed by atoms with E-state index >= 15 is 0 Å². The van der Waals surface area contributed by atoms with Gasteiger partial charge in [-0.2, -0.15) is 0 Å². The van der Waals surface area contributed by atoms with Crippen LogP contribution < -0.4 is 5.32 Å². The molecule has 4 fully saturated rings. The lowest BCUT2D eigenvalue weighted by molar-refractivity contribution is -0.140. The molecule has 0 saturated carbocycles. The third kappa shape index (κ3) is 2.36. The summed E-state index contributed by atoms with van der Waals surface area (Å²) >= 11 is 0. The first-order chi connectivity index (χ1) is 9.61. The van der Waals surface area contributed by atoms with Gasteiger partial charge in [-0.15, -0.1) is 0 Å². The van der Waals surface area contributed by atoms with Crippen LogP contribution >= 0.6 is 0 Å². The molecule has 4 rings (SSSR count). The van der Waals surface area contributed by atoms with Gasteiger partial charge < -0.3 is 15.3 Å². The number of aliphatic carboxylic acids is 1. The molecule has 2 bridgehead atoms. The number of carbonyl (C=O) groups is 1. The molecule has 0 aliphatic carbocycles. The minimum Gasteiger partial charge on any atom is -0.480 e. The Bertz CT molecular complexity index is 368. The fraction of sp³-hybridized carbons (Fsp3) is 0.933. The number of rotatable bonds is 5. The lowest BCUT2D eigenvalue weighted by Gasteiger charge is -2.49. The number of carboxylic acid groups (broad SMARTS) is 1. The summed E-state index contributed by atoms with van der Waals surface area (Å²) in [4.78, 5) is 16.5. The van der Waals surface area contributed by atoms with Crippen molar-refractivity contribution in [1.29, 1.82) is 0 Å². The Balaban J connectivity index is 1.73. The molecule has 114 valence electrons. The van der Waals surface area contributed by atoms with Gasteiger partial charge in [-0.05, 0) is 57.8 Å². The number of nitrogens with zero attached hydrogens (tertiary/aromatic N) is 2. The Labute approximate surface area is 121 Å². The van der Waals surface area contributed by atoms with Gasteiger partial charge in [0, 0.05) is 18.6 Å². The molecule has 4 unspecified atom stereocenters. The first kappa shape index (κ1) is 14.3. The number of fused-ring (bicyclic) bond motifs is 2. The van der Waals surface area contributed by atoms with Gasteiger partial charge >= 0.3 is 5.97 Å². The van der Waals surface area contributed by atoms with E-state index in [0.29, 0.717) is 18.6 Å². The Kier molecular flexibility index (Phi) is 4.02. The standard InChI is InChI=1S/C15H27N3O2/c1-3-16-12(15(19)20)8-13-14-11(9-17(13)2)10-4-6-18(14)7-5-10/h10-14,16H,3-9H2,1-2H3,(H,19,20). The van der Waals surface area contributed by atoms with Crippen LogP contribution in [0.2, 0.25) is 0 Å². The van der Waals surface area contributed by atoms with Crippen LogP contribution in [0.25, 0.3) is 0 Å². The Morgan fingerprint density at radius 3 is 2.70 bits per heavy atom. The molecule has 20 heavy (non-hydrogen) atoms. The molecule has 4 atom stereocenters. The third-order valence-electron chi connectivity index (χ3n) is 5.73. The summed E-state index contributed by atoms with van der Waals surface area (Å²) in [5.74, 6) is 0.933. The summed E-state index contributed by atoms with van der Waals surface area (Å²) in [6, 6.07) is 0.573. The molecule has 4 saturated heterocycles. The van der Waals surface area contributed by atoms with Gasteiger partial charge in [-0.3, -0.25) is 9.69 Å². The molecule has 0 amide bonds. The summed E-state index contributed by atoms with van der Waals surface area (Å²) in [7, 11) is 2.18. The van der Waals surface area contributed by atoms with Crippen molar-refractivity contribution in [2.45, 2.75) is 44.3 Å². The lowest BCUT2D eigenvalue weighted by atomic mass is 9.73. The molecule has 5 heteroatoms. The second-order valence-corrected chi connectivity index (χ2v) is 6.72. The van der Waals surface area contributed by atoms with E-state index in [4.69, 9.17) is 0 Å². The van der Waals surface area contributed by atoms with Crippen molar-refractivity contribution in [2.24, 2.45) is 11.8 Å². The van der Waals surface area contributed by atoms with Crippen molar-refractivity contribution < 1.29 is 9.90 Å². The minimum atomic E-state index is -0.709. The van der Waals surface area contributed by atoms with Crippen LogP contribution in [-0.4, -0.2) is 72.2 Å². The van der Waals surface area contributed by atoms with Crippen LogP contribution in [-0.2, 0) is 4.79 Å². The maximum Gasteiger partial charge on any atom is 0.320 e. The monoisotopic (exact) mass is 281 g/mol. The predicted octanol–water partition coefficient (Wildman–Crippen LogP) is 0.464. The van der Waals surface area contributed by atoms with Gasteiger partial charge in [0.25, 0.3) is 0 Å². The third-order valence-corrected chi connectivity index (χ3v) is 5.73. The van der Waals surface area contributed by atoms with E-state index in [-0.39, 0.29) is 0 Å². The molecular formula is C15H27N3O2. The van der Waals surface area contributed by atoms with Gasteiger partial charge in [-0.25, -0.2) is 0 Å². The van der Waals surface area contributed by atoms with Gasteiger partial charge in [-0.1, -0.05) is 6.92 Å². The van der Waals surface area contributed by atoms with E-state index in [1.165, 1.54) is 25.9 Å². The average Bonchev–Trinajstić information content (AvgIpc) is 2.78. The number of likely N-dealkylation sites (N-methyl/N-ethyl adjacent to an activating group) is 2. The molecule has 4 aliphatic heterocycles. The highest BCUT2D eigenvalue weighted by atomic mass is 16.4. The number of hydrogen-bond donors (Lipinski definition) is 2. The molecule has 0 aromatic carbocycles. The van der Waals surface area contributed by atoms with Crippen LogP contribution in [0.3, 0.4) is 0 Å². The second-order valence-electron chi connectivity index (χ2n) is 6.72. The molecule has 0 spiro atoms. The quantitative estimate of drug-likeness (QED) is 0.767. The predicted molar refractivity (Wildman–Crippen MR) is 77.7 cm³/mol. The van der Waals surface area contributed by atoms with Crippen molar-refractivity contribution in [3.63, 3.8) is 0 Å². The Hall–Kier alpha value is -0.650. The number of likely N-dealkylation sites (tertiary alicyclic amines) is 1. The van der Waals surface area contributed by atoms with Crippen molar-refractivity contribution in [1.82, 2.24) is 15.1 Å². The van der Waals surface area contributed by atoms with Gasteiger partial charge in [0.15, 0.2) is 0 Å². The summed E-state index contributed by atoms with van der Waals surface area (Å²) in [5, 5.41) is 12.5. The first-order valence-corrected chi connectivity index (χ1v) is 8.02. The highest BCUT2D eigenvalue weighted by molar-refractivity contribution is 5.73. The number of hydrogen-bond acceptors (Lipinski definition) is 4. The van der Waals surface area contributed by atoms with E-state index in [1.54, 1.807) is 0 Å². The fourth-order valence-electron chi connectivity index (χ4n) is 4.79. The molecule has 0 aromatic heterocycles. The Morgan fingerprint density at radius 2 is 2.10 bits per heavy atom. The molecule has 4 aliphatic rings. The van der Waals surface area contributed by atoms with E-state index in [0.717, 1.165) is 24.8 Å². The normalized spacial score (nSPS) is 41.6. The van der Waals surface area contributed by atoms with Crippen molar-refractivity contribution in [2.75, 3.05) is 33.2 Å². The molecule has 0 radical (unpaired) electrons. The largest absolute Gasteiger partial charge is 0.480 e. The van der Waals surface area contributed by atoms with E-state index in [2.05, 4.69) is 22.2 Å². The smallest absolute Gasteiger partial charge is 0.320 e. The highest BCUT2D eigenvalue weighted by Gasteiger charge is 2.51. The molecule has 2 N–H and O–H groups in total. The number of nitrogens with one attached hydrogen (secondary N) is 1. The van der Waals surface area contributed by atoms with Crippen LogP contribution in [0.4, 0.5) is 0 Å². The van der Waals surface area contributed by atoms with Gasteiger partial charge in [0.05, 0.1) is 0 Å². The number of piperidine rings is 3. The molecule has 5 nitrogen and oxygen atoms in total.